The Bertz CT molecular complexity index is 566. The third kappa shape index (κ3) is 4.48. The van der Waals surface area contributed by atoms with Crippen molar-refractivity contribution >= 4 is 46.4 Å². The minimum absolute atomic E-state index is 0. The molecule has 2 N–H and O–H groups in total. The van der Waals surface area contributed by atoms with E-state index in [1.807, 2.05) is 0 Å². The van der Waals surface area contributed by atoms with Crippen LogP contribution in [0.1, 0.15) is 24.4 Å². The lowest BCUT2D eigenvalue weighted by Crippen LogP contribution is -2.45. The van der Waals surface area contributed by atoms with E-state index >= 15 is 0 Å². The number of benzene rings is 1. The van der Waals surface area contributed by atoms with Crippen molar-refractivity contribution in [1.29, 1.82) is 0 Å². The maximum Gasteiger partial charge on any atom is 0.271 e. The summed E-state index contributed by atoms with van der Waals surface area (Å²) in [5.74, 6) is 0.624. The Morgan fingerprint density at radius 3 is 2.43 bits per heavy atom. The van der Waals surface area contributed by atoms with Gasteiger partial charge in [-0.25, -0.2) is 0 Å². The van der Waals surface area contributed by atoms with E-state index < -0.39 is 4.92 Å². The van der Waals surface area contributed by atoms with Gasteiger partial charge in [-0.2, -0.15) is 0 Å². The molecule has 3 rings (SSSR count). The van der Waals surface area contributed by atoms with Gasteiger partial charge in [-0.3, -0.25) is 15.0 Å². The Balaban J connectivity index is 0.00000132. The van der Waals surface area contributed by atoms with Crippen LogP contribution in [0.5, 0.6) is 5.75 Å². The lowest BCUT2D eigenvalue weighted by Gasteiger charge is -2.35. The summed E-state index contributed by atoms with van der Waals surface area (Å²) in [6.45, 7) is 3.64. The number of phenols is 1. The fourth-order valence-electron chi connectivity index (χ4n) is 3.06. The van der Waals surface area contributed by atoms with E-state index in [0.717, 1.165) is 39.0 Å². The van der Waals surface area contributed by atoms with Crippen LogP contribution in [0, 0.1) is 16.0 Å². The standard InChI is InChI=1S/C14H18BrN3O3.2ClH/c15-12-8-10(18(20)21)7-11(14(12)19)13(9-1-2-9)17-5-3-16-4-6-17;;/h7-9,13,16,19H,1-6H2;2*1H/t13-;;/m0../s1. The molecular formula is C14H20BrCl2N3O3. The molecule has 1 saturated heterocycles. The fourth-order valence-corrected chi connectivity index (χ4v) is 3.52. The quantitative estimate of drug-likeness (QED) is 0.568. The molecule has 1 atom stereocenters. The number of nitrogens with one attached hydrogen (secondary N) is 1. The van der Waals surface area contributed by atoms with Crippen molar-refractivity contribution in [2.45, 2.75) is 18.9 Å². The highest BCUT2D eigenvalue weighted by Gasteiger charge is 2.39. The van der Waals surface area contributed by atoms with Gasteiger partial charge in [0.1, 0.15) is 5.75 Å². The Morgan fingerprint density at radius 1 is 1.30 bits per heavy atom. The number of piperazine rings is 1. The average Bonchev–Trinajstić information content (AvgIpc) is 3.29. The van der Waals surface area contributed by atoms with Crippen molar-refractivity contribution in [2.24, 2.45) is 5.92 Å². The summed E-state index contributed by atoms with van der Waals surface area (Å²) in [5, 5.41) is 24.8. The van der Waals surface area contributed by atoms with Crippen molar-refractivity contribution in [1.82, 2.24) is 10.2 Å². The van der Waals surface area contributed by atoms with E-state index in [1.54, 1.807) is 0 Å². The van der Waals surface area contributed by atoms with Crippen LogP contribution in [0.3, 0.4) is 0 Å². The predicted molar refractivity (Wildman–Crippen MR) is 96.9 cm³/mol. The van der Waals surface area contributed by atoms with Crippen LogP contribution in [0.4, 0.5) is 5.69 Å². The number of nitro groups is 1. The van der Waals surface area contributed by atoms with Crippen LogP contribution in [0.15, 0.2) is 16.6 Å². The van der Waals surface area contributed by atoms with Gasteiger partial charge in [-0.05, 0) is 34.7 Å². The highest BCUT2D eigenvalue weighted by atomic mass is 79.9. The first-order valence-corrected chi connectivity index (χ1v) is 7.99. The van der Waals surface area contributed by atoms with Crippen LogP contribution in [0.25, 0.3) is 0 Å². The highest BCUT2D eigenvalue weighted by Crippen LogP contribution is 2.49. The zero-order valence-corrected chi connectivity index (χ0v) is 15.6. The number of nitro benzene ring substituents is 1. The molecule has 1 saturated carbocycles. The highest BCUT2D eigenvalue weighted by molar-refractivity contribution is 9.10. The summed E-state index contributed by atoms with van der Waals surface area (Å²) < 4.78 is 0.396. The van der Waals surface area contributed by atoms with Gasteiger partial charge in [0.15, 0.2) is 0 Å². The zero-order valence-electron chi connectivity index (χ0n) is 12.4. The van der Waals surface area contributed by atoms with Gasteiger partial charge in [0.2, 0.25) is 0 Å². The molecule has 0 amide bonds. The first-order chi connectivity index (χ1) is 10.1. The molecule has 2 fully saturated rings. The molecule has 6 nitrogen and oxygen atoms in total. The van der Waals surface area contributed by atoms with Crippen molar-refractivity contribution in [3.8, 4) is 5.75 Å². The van der Waals surface area contributed by atoms with E-state index in [0.29, 0.717) is 16.0 Å². The summed E-state index contributed by atoms with van der Waals surface area (Å²) in [7, 11) is 0. The second-order valence-electron chi connectivity index (χ2n) is 5.69. The summed E-state index contributed by atoms with van der Waals surface area (Å²) >= 11 is 3.24. The van der Waals surface area contributed by atoms with Gasteiger partial charge in [-0.1, -0.05) is 0 Å². The molecule has 1 aliphatic heterocycles. The molecule has 23 heavy (non-hydrogen) atoms. The van der Waals surface area contributed by atoms with Crippen LogP contribution in [0.2, 0.25) is 0 Å². The third-order valence-electron chi connectivity index (χ3n) is 4.22. The summed E-state index contributed by atoms with van der Waals surface area (Å²) in [6, 6.07) is 2.97. The van der Waals surface area contributed by atoms with Gasteiger partial charge in [0.05, 0.1) is 9.40 Å². The Labute approximate surface area is 155 Å². The number of aromatic hydroxyl groups is 1. The fraction of sp³-hybridized carbons (Fsp3) is 0.571. The molecule has 1 aromatic carbocycles. The van der Waals surface area contributed by atoms with Gasteiger partial charge < -0.3 is 10.4 Å². The minimum atomic E-state index is -0.407. The number of rotatable bonds is 4. The minimum Gasteiger partial charge on any atom is -0.506 e. The van der Waals surface area contributed by atoms with Crippen molar-refractivity contribution in [3.63, 3.8) is 0 Å². The first-order valence-electron chi connectivity index (χ1n) is 7.19. The maximum atomic E-state index is 11.1. The molecular weight excluding hydrogens is 409 g/mol. The van der Waals surface area contributed by atoms with Crippen LogP contribution >= 0.6 is 40.7 Å². The smallest absolute Gasteiger partial charge is 0.271 e. The monoisotopic (exact) mass is 427 g/mol. The number of hydrogen-bond donors (Lipinski definition) is 2. The van der Waals surface area contributed by atoms with E-state index in [1.165, 1.54) is 12.1 Å². The van der Waals surface area contributed by atoms with E-state index in [-0.39, 0.29) is 42.3 Å². The SMILES string of the molecule is Cl.Cl.O=[N+]([O-])c1cc(Br)c(O)c([C@H](C2CC2)N2CCNCC2)c1. The lowest BCUT2D eigenvalue weighted by atomic mass is 9.98. The van der Waals surface area contributed by atoms with Crippen molar-refractivity contribution in [2.75, 3.05) is 26.2 Å². The first kappa shape index (κ1) is 20.4. The molecule has 2 aliphatic rings. The van der Waals surface area contributed by atoms with E-state index in [9.17, 15) is 15.2 Å². The third-order valence-corrected chi connectivity index (χ3v) is 4.83. The maximum absolute atomic E-state index is 11.1. The molecule has 1 heterocycles. The summed E-state index contributed by atoms with van der Waals surface area (Å²) in [4.78, 5) is 13.0. The number of phenolic OH excluding ortho intramolecular Hbond substituents is 1. The van der Waals surface area contributed by atoms with Crippen molar-refractivity contribution < 1.29 is 10.0 Å². The molecule has 0 radical (unpaired) electrons. The van der Waals surface area contributed by atoms with Gasteiger partial charge >= 0.3 is 0 Å². The molecule has 1 aromatic rings. The average molecular weight is 429 g/mol. The molecule has 0 aromatic heterocycles. The molecule has 130 valence electrons. The largest absolute Gasteiger partial charge is 0.506 e. The number of halogens is 3. The predicted octanol–water partition coefficient (Wildman–Crippen LogP) is 3.26. The Kier molecular flexibility index (Phi) is 7.54. The second-order valence-corrected chi connectivity index (χ2v) is 6.55. The molecule has 9 heteroatoms. The molecule has 0 unspecified atom stereocenters. The van der Waals surface area contributed by atoms with E-state index in [2.05, 4.69) is 26.1 Å². The van der Waals surface area contributed by atoms with Crippen molar-refractivity contribution in [3.05, 3.63) is 32.3 Å². The molecule has 0 spiro atoms. The van der Waals surface area contributed by atoms with Crippen LogP contribution < -0.4 is 5.32 Å². The van der Waals surface area contributed by atoms with E-state index in [4.69, 9.17) is 0 Å². The Hall–Kier alpha value is -0.600. The Morgan fingerprint density at radius 2 is 1.91 bits per heavy atom. The van der Waals surface area contributed by atoms with Gasteiger partial charge in [0.25, 0.3) is 5.69 Å². The van der Waals surface area contributed by atoms with Gasteiger partial charge in [-0.15, -0.1) is 24.8 Å². The zero-order chi connectivity index (χ0) is 15.0. The van der Waals surface area contributed by atoms with Gasteiger partial charge in [0, 0.05) is 49.9 Å². The topological polar surface area (TPSA) is 78.6 Å². The van der Waals surface area contributed by atoms with Crippen LogP contribution in [-0.4, -0.2) is 41.1 Å². The summed E-state index contributed by atoms with van der Waals surface area (Å²) in [5.41, 5.74) is 0.705. The lowest BCUT2D eigenvalue weighted by molar-refractivity contribution is -0.385. The second kappa shape index (κ2) is 8.48. The number of nitrogens with zero attached hydrogens (tertiary/aromatic N) is 2. The summed E-state index contributed by atoms with van der Waals surface area (Å²) in [6.07, 6.45) is 2.24. The molecule has 0 bridgehead atoms. The normalized spacial score (nSPS) is 19.3. The number of non-ortho nitro benzene ring substituents is 1. The molecule has 1 aliphatic carbocycles. The number of hydrogen-bond acceptors (Lipinski definition) is 5. The van der Waals surface area contributed by atoms with Crippen LogP contribution in [-0.2, 0) is 0 Å².